The van der Waals surface area contributed by atoms with Crippen LogP contribution < -0.4 is 14.8 Å². The number of amides is 1. The van der Waals surface area contributed by atoms with E-state index in [2.05, 4.69) is 10.5 Å². The van der Waals surface area contributed by atoms with Crippen LogP contribution in [0.25, 0.3) is 0 Å². The van der Waals surface area contributed by atoms with Gasteiger partial charge in [0.25, 0.3) is 5.91 Å². The number of hydrogen-bond donors (Lipinski definition) is 1. The Morgan fingerprint density at radius 3 is 2.96 bits per heavy atom. The number of aromatic nitrogens is 1. The number of fused-ring (bicyclic) bond motifs is 2. The normalized spacial score (nSPS) is 19.0. The van der Waals surface area contributed by atoms with E-state index in [1.165, 1.54) is 0 Å². The number of carbonyl (C=O) groups excluding carboxylic acids is 1. The second kappa shape index (κ2) is 5.95. The number of nitrogens with one attached hydrogen (secondary N) is 1. The van der Waals surface area contributed by atoms with Crippen LogP contribution in [0.2, 0.25) is 0 Å². The average molecular weight is 314 g/mol. The number of nitrogens with zero attached hydrogens (tertiary/aromatic N) is 1. The van der Waals surface area contributed by atoms with Crippen LogP contribution in [0.1, 0.15) is 34.7 Å². The van der Waals surface area contributed by atoms with E-state index in [1.54, 1.807) is 0 Å². The molecule has 6 nitrogen and oxygen atoms in total. The Kier molecular flexibility index (Phi) is 3.65. The molecule has 1 amide bonds. The van der Waals surface area contributed by atoms with Gasteiger partial charge in [0, 0.05) is 12.0 Å². The van der Waals surface area contributed by atoms with Gasteiger partial charge in [0.1, 0.15) is 18.5 Å². The Morgan fingerprint density at radius 1 is 1.22 bits per heavy atom. The van der Waals surface area contributed by atoms with Gasteiger partial charge in [-0.1, -0.05) is 17.3 Å². The second-order valence-corrected chi connectivity index (χ2v) is 5.85. The maximum atomic E-state index is 12.3. The number of ether oxygens (including phenoxy) is 2. The Bertz CT molecular complexity index is 725. The topological polar surface area (TPSA) is 73.6 Å². The molecule has 0 unspecified atom stereocenters. The summed E-state index contributed by atoms with van der Waals surface area (Å²) in [6.07, 6.45) is 3.68. The molecule has 0 radical (unpaired) electrons. The highest BCUT2D eigenvalue weighted by Crippen LogP contribution is 2.30. The van der Waals surface area contributed by atoms with Gasteiger partial charge in [0.05, 0.1) is 6.54 Å². The van der Waals surface area contributed by atoms with E-state index in [9.17, 15) is 4.79 Å². The molecule has 0 spiro atoms. The van der Waals surface area contributed by atoms with Gasteiger partial charge < -0.3 is 19.3 Å². The van der Waals surface area contributed by atoms with E-state index in [-0.39, 0.29) is 12.0 Å². The summed E-state index contributed by atoms with van der Waals surface area (Å²) in [5.74, 6) is 2.09. The molecule has 6 heteroatoms. The van der Waals surface area contributed by atoms with Gasteiger partial charge >= 0.3 is 0 Å². The van der Waals surface area contributed by atoms with Crippen LogP contribution in [0.3, 0.4) is 0 Å². The fraction of sp³-hybridized carbons (Fsp3) is 0.412. The fourth-order valence-corrected chi connectivity index (χ4v) is 3.02. The molecular weight excluding hydrogens is 296 g/mol. The van der Waals surface area contributed by atoms with Crippen LogP contribution in [-0.4, -0.2) is 30.3 Å². The minimum Gasteiger partial charge on any atom is -0.486 e. The first-order chi connectivity index (χ1) is 11.3. The summed E-state index contributed by atoms with van der Waals surface area (Å²) >= 11 is 0. The minimum absolute atomic E-state index is 0.209. The molecule has 0 fully saturated rings. The Balaban J connectivity index is 1.38. The molecule has 1 N–H and O–H groups in total. The molecule has 4 rings (SSSR count). The Labute approximate surface area is 133 Å². The zero-order valence-electron chi connectivity index (χ0n) is 12.7. The first-order valence-corrected chi connectivity index (χ1v) is 7.95. The summed E-state index contributed by atoms with van der Waals surface area (Å²) in [4.78, 5) is 12.3. The van der Waals surface area contributed by atoms with Gasteiger partial charge in [-0.3, -0.25) is 4.79 Å². The Hall–Kier alpha value is -2.50. The highest BCUT2D eigenvalue weighted by Gasteiger charge is 2.26. The maximum Gasteiger partial charge on any atom is 0.273 e. The third-order valence-corrected chi connectivity index (χ3v) is 4.22. The number of aryl methyl sites for hydroxylation is 1. The molecule has 2 aliphatic rings. The number of carbonyl (C=O) groups is 1. The minimum atomic E-state index is -0.212. The first-order valence-electron chi connectivity index (χ1n) is 7.95. The van der Waals surface area contributed by atoms with E-state index >= 15 is 0 Å². The lowest BCUT2D eigenvalue weighted by Crippen LogP contribution is -2.41. The van der Waals surface area contributed by atoms with Crippen LogP contribution in [0.5, 0.6) is 11.5 Å². The smallest absolute Gasteiger partial charge is 0.273 e. The number of hydrogen-bond acceptors (Lipinski definition) is 5. The van der Waals surface area contributed by atoms with Crippen molar-refractivity contribution in [1.29, 1.82) is 0 Å². The number of benzene rings is 1. The predicted octanol–water partition coefficient (Wildman–Crippen LogP) is 2.12. The lowest BCUT2D eigenvalue weighted by molar-refractivity contribution is 0.0783. The van der Waals surface area contributed by atoms with Crippen molar-refractivity contribution in [2.75, 3.05) is 13.2 Å². The van der Waals surface area contributed by atoms with Crippen molar-refractivity contribution < 1.29 is 18.8 Å². The van der Waals surface area contributed by atoms with Crippen molar-refractivity contribution in [1.82, 2.24) is 10.5 Å². The third kappa shape index (κ3) is 2.76. The summed E-state index contributed by atoms with van der Waals surface area (Å²) in [7, 11) is 0. The SMILES string of the molecule is O=C(NC[C@H]1COc2ccccc2O1)c1noc2c1CCCC2. The van der Waals surface area contributed by atoms with Crippen LogP contribution in [0.15, 0.2) is 28.8 Å². The molecule has 1 aromatic carbocycles. The van der Waals surface area contributed by atoms with Crippen molar-refractivity contribution in [3.8, 4) is 11.5 Å². The van der Waals surface area contributed by atoms with Crippen LogP contribution in [0, 0.1) is 0 Å². The fourth-order valence-electron chi connectivity index (χ4n) is 3.02. The quantitative estimate of drug-likeness (QED) is 0.939. The number of para-hydroxylation sites is 2. The van der Waals surface area contributed by atoms with Gasteiger partial charge in [-0.2, -0.15) is 0 Å². The molecule has 1 atom stereocenters. The van der Waals surface area contributed by atoms with Crippen molar-refractivity contribution in [3.05, 3.63) is 41.3 Å². The van der Waals surface area contributed by atoms with E-state index in [1.807, 2.05) is 24.3 Å². The van der Waals surface area contributed by atoms with Crippen LogP contribution in [0.4, 0.5) is 0 Å². The summed E-state index contributed by atoms with van der Waals surface area (Å²) in [6.45, 7) is 0.781. The molecule has 23 heavy (non-hydrogen) atoms. The lowest BCUT2D eigenvalue weighted by Gasteiger charge is -2.26. The number of rotatable bonds is 3. The summed E-state index contributed by atoms with van der Waals surface area (Å²) in [5, 5.41) is 6.81. The maximum absolute atomic E-state index is 12.3. The van der Waals surface area contributed by atoms with E-state index in [0.717, 1.165) is 42.8 Å². The summed E-state index contributed by atoms with van der Waals surface area (Å²) in [5.41, 5.74) is 1.37. The van der Waals surface area contributed by atoms with Gasteiger partial charge in [-0.15, -0.1) is 0 Å². The van der Waals surface area contributed by atoms with Crippen LogP contribution in [-0.2, 0) is 12.8 Å². The molecule has 2 aromatic rings. The van der Waals surface area contributed by atoms with E-state index < -0.39 is 0 Å². The van der Waals surface area contributed by atoms with Gasteiger partial charge in [0.15, 0.2) is 17.2 Å². The molecular formula is C17H18N2O4. The molecule has 0 saturated heterocycles. The predicted molar refractivity (Wildman–Crippen MR) is 81.8 cm³/mol. The molecule has 1 aromatic heterocycles. The Morgan fingerprint density at radius 2 is 2.04 bits per heavy atom. The van der Waals surface area contributed by atoms with Crippen molar-refractivity contribution in [3.63, 3.8) is 0 Å². The van der Waals surface area contributed by atoms with Gasteiger partial charge in [-0.25, -0.2) is 0 Å². The lowest BCUT2D eigenvalue weighted by atomic mass is 9.96. The molecule has 120 valence electrons. The molecule has 0 saturated carbocycles. The zero-order chi connectivity index (χ0) is 15.6. The van der Waals surface area contributed by atoms with E-state index in [4.69, 9.17) is 14.0 Å². The van der Waals surface area contributed by atoms with E-state index in [0.29, 0.717) is 24.6 Å². The highest BCUT2D eigenvalue weighted by molar-refractivity contribution is 5.93. The zero-order valence-corrected chi connectivity index (χ0v) is 12.7. The highest BCUT2D eigenvalue weighted by atomic mass is 16.6. The third-order valence-electron chi connectivity index (χ3n) is 4.22. The van der Waals surface area contributed by atoms with Gasteiger partial charge in [0.2, 0.25) is 0 Å². The first kappa shape index (κ1) is 14.1. The summed E-state index contributed by atoms with van der Waals surface area (Å²) < 4.78 is 16.7. The standard InChI is InChI=1S/C17H18N2O4/c20-17(16-12-5-1-2-6-13(12)23-19-16)18-9-11-10-21-14-7-3-4-8-15(14)22-11/h3-4,7-8,11H,1-2,5-6,9-10H2,(H,18,20)/t11-/m0/s1. The molecule has 2 heterocycles. The van der Waals surface area contributed by atoms with Crippen molar-refractivity contribution in [2.45, 2.75) is 31.8 Å². The monoisotopic (exact) mass is 314 g/mol. The van der Waals surface area contributed by atoms with Crippen LogP contribution >= 0.6 is 0 Å². The molecule has 0 bridgehead atoms. The van der Waals surface area contributed by atoms with Crippen molar-refractivity contribution >= 4 is 5.91 Å². The average Bonchev–Trinajstić information content (AvgIpc) is 3.03. The summed E-state index contributed by atoms with van der Waals surface area (Å²) in [6, 6.07) is 7.52. The van der Waals surface area contributed by atoms with Gasteiger partial charge in [-0.05, 0) is 31.4 Å². The van der Waals surface area contributed by atoms with Crippen molar-refractivity contribution in [2.24, 2.45) is 0 Å². The largest absolute Gasteiger partial charge is 0.486 e. The second-order valence-electron chi connectivity index (χ2n) is 5.85. The molecule has 1 aliphatic carbocycles. The molecule has 1 aliphatic heterocycles.